The molecule has 4 nitrogen and oxygen atoms in total. The van der Waals surface area contributed by atoms with E-state index >= 15 is 0 Å². The molecule has 0 saturated carbocycles. The third-order valence-corrected chi connectivity index (χ3v) is 4.41. The van der Waals surface area contributed by atoms with E-state index in [0.29, 0.717) is 5.75 Å². The second kappa shape index (κ2) is 6.53. The van der Waals surface area contributed by atoms with Crippen molar-refractivity contribution in [1.82, 2.24) is 5.32 Å². The Kier molecular flexibility index (Phi) is 6.55. The van der Waals surface area contributed by atoms with E-state index in [1.807, 2.05) is 13.8 Å². The summed E-state index contributed by atoms with van der Waals surface area (Å²) in [5.74, 6) is 0.774. The van der Waals surface area contributed by atoms with Crippen LogP contribution in [0.25, 0.3) is 0 Å². The van der Waals surface area contributed by atoms with Crippen LogP contribution in [0.1, 0.15) is 13.8 Å². The number of hydrogen-bond acceptors (Lipinski definition) is 4. The first kappa shape index (κ1) is 14.1. The van der Waals surface area contributed by atoms with Crippen LogP contribution >= 0.6 is 0 Å². The topological polar surface area (TPSA) is 63.2 Å². The maximum atomic E-state index is 11.4. The fourth-order valence-corrected chi connectivity index (χ4v) is 3.81. The van der Waals surface area contributed by atoms with E-state index in [4.69, 9.17) is 0 Å². The van der Waals surface area contributed by atoms with Crippen LogP contribution in [0.4, 0.5) is 0 Å². The Morgan fingerprint density at radius 2 is 2.00 bits per heavy atom. The summed E-state index contributed by atoms with van der Waals surface area (Å²) < 4.78 is 33.0. The molecule has 0 bridgehead atoms. The molecular formula is C8H19NO3S2. The molecule has 0 aromatic rings. The van der Waals surface area contributed by atoms with Crippen molar-refractivity contribution >= 4 is 20.6 Å². The van der Waals surface area contributed by atoms with Crippen molar-refractivity contribution in [3.8, 4) is 0 Å². The molecule has 0 aliphatic carbocycles. The molecule has 6 heteroatoms. The van der Waals surface area contributed by atoms with Crippen molar-refractivity contribution in [2.75, 3.05) is 30.1 Å². The molecule has 0 saturated heterocycles. The third-order valence-electron chi connectivity index (χ3n) is 1.67. The highest BCUT2D eigenvalue weighted by Crippen LogP contribution is 1.92. The quantitative estimate of drug-likeness (QED) is 0.669. The van der Waals surface area contributed by atoms with E-state index in [1.54, 1.807) is 0 Å². The lowest BCUT2D eigenvalue weighted by atomic mass is 10.4. The lowest BCUT2D eigenvalue weighted by molar-refractivity contribution is 0.600. The summed E-state index contributed by atoms with van der Waals surface area (Å²) in [6.45, 7) is 4.77. The van der Waals surface area contributed by atoms with E-state index in [9.17, 15) is 12.6 Å². The second-order valence-electron chi connectivity index (χ2n) is 3.40. The molecule has 0 amide bonds. The van der Waals surface area contributed by atoms with E-state index in [1.165, 1.54) is 0 Å². The van der Waals surface area contributed by atoms with Crippen LogP contribution in [0.15, 0.2) is 0 Å². The largest absolute Gasteiger partial charge is 0.314 e. The second-order valence-corrected chi connectivity index (χ2v) is 7.28. The van der Waals surface area contributed by atoms with Gasteiger partial charge in [0.25, 0.3) is 0 Å². The summed E-state index contributed by atoms with van der Waals surface area (Å²) in [7, 11) is -4.02. The van der Waals surface area contributed by atoms with Crippen molar-refractivity contribution in [3.63, 3.8) is 0 Å². The minimum atomic E-state index is -2.98. The van der Waals surface area contributed by atoms with Crippen LogP contribution in [0.2, 0.25) is 0 Å². The smallest absolute Gasteiger partial charge is 0.148 e. The normalized spacial score (nSPS) is 16.5. The summed E-state index contributed by atoms with van der Waals surface area (Å²) >= 11 is 0. The Balaban J connectivity index is 3.77. The zero-order chi connectivity index (χ0) is 11.2. The first-order valence-corrected chi connectivity index (χ1v) is 8.16. The molecule has 0 spiro atoms. The van der Waals surface area contributed by atoms with Crippen molar-refractivity contribution in [2.45, 2.75) is 19.9 Å². The van der Waals surface area contributed by atoms with Crippen LogP contribution in [-0.4, -0.2) is 48.7 Å². The van der Waals surface area contributed by atoms with Crippen LogP contribution < -0.4 is 5.32 Å². The van der Waals surface area contributed by atoms with E-state index < -0.39 is 20.6 Å². The third kappa shape index (κ3) is 8.65. The molecule has 86 valence electrons. The van der Waals surface area contributed by atoms with Gasteiger partial charge in [0.2, 0.25) is 0 Å². The molecule has 2 atom stereocenters. The van der Waals surface area contributed by atoms with Gasteiger partial charge in [-0.1, -0.05) is 6.92 Å². The van der Waals surface area contributed by atoms with Gasteiger partial charge in [0.1, 0.15) is 9.84 Å². The van der Waals surface area contributed by atoms with Crippen molar-refractivity contribution < 1.29 is 12.6 Å². The Labute approximate surface area is 88.8 Å². The maximum absolute atomic E-state index is 11.4. The molecule has 0 fully saturated rings. The zero-order valence-electron chi connectivity index (χ0n) is 8.95. The summed E-state index contributed by atoms with van der Waals surface area (Å²) in [5, 5.41) is 3.13. The van der Waals surface area contributed by atoms with Crippen LogP contribution in [0.5, 0.6) is 0 Å². The summed E-state index contributed by atoms with van der Waals surface area (Å²) in [5.41, 5.74) is 0. The maximum Gasteiger partial charge on any atom is 0.148 e. The predicted octanol–water partition coefficient (Wildman–Crippen LogP) is -0.222. The van der Waals surface area contributed by atoms with Gasteiger partial charge in [-0.2, -0.15) is 0 Å². The first-order valence-electron chi connectivity index (χ1n) is 4.61. The van der Waals surface area contributed by atoms with Gasteiger partial charge < -0.3 is 5.32 Å². The highest BCUT2D eigenvalue weighted by molar-refractivity contribution is 7.92. The number of sulfone groups is 1. The van der Waals surface area contributed by atoms with Gasteiger partial charge in [-0.25, -0.2) is 8.42 Å². The Morgan fingerprint density at radius 3 is 2.43 bits per heavy atom. The van der Waals surface area contributed by atoms with E-state index in [-0.39, 0.29) is 17.5 Å². The molecule has 0 aromatic heterocycles. The Bertz CT molecular complexity index is 274. The highest BCUT2D eigenvalue weighted by atomic mass is 32.2. The molecule has 0 rings (SSSR count). The number of rotatable bonds is 7. The van der Waals surface area contributed by atoms with Crippen molar-refractivity contribution in [3.05, 3.63) is 0 Å². The number of nitrogens with one attached hydrogen (secondary N) is 1. The van der Waals surface area contributed by atoms with Crippen molar-refractivity contribution in [1.29, 1.82) is 0 Å². The Hall–Kier alpha value is 0.0600. The molecule has 0 aliphatic rings. The highest BCUT2D eigenvalue weighted by Gasteiger charge is 2.09. The van der Waals surface area contributed by atoms with E-state index in [2.05, 4.69) is 5.32 Å². The summed E-state index contributed by atoms with van der Waals surface area (Å²) in [6, 6.07) is 0.181. The van der Waals surface area contributed by atoms with E-state index in [0.717, 1.165) is 12.8 Å². The summed E-state index contributed by atoms with van der Waals surface area (Å²) in [6.07, 6.45) is 1.16. The SMILES string of the molecule is CCNC(C)CS(=O)CCS(C)(=O)=O. The molecule has 1 N–H and O–H groups in total. The molecule has 0 radical (unpaired) electrons. The lowest BCUT2D eigenvalue weighted by Gasteiger charge is -2.11. The van der Waals surface area contributed by atoms with Gasteiger partial charge in [-0.15, -0.1) is 0 Å². The van der Waals surface area contributed by atoms with Crippen molar-refractivity contribution in [2.24, 2.45) is 0 Å². The van der Waals surface area contributed by atoms with Crippen LogP contribution in [0.3, 0.4) is 0 Å². The average Bonchev–Trinajstić information content (AvgIpc) is 2.00. The van der Waals surface area contributed by atoms with Gasteiger partial charge in [0.15, 0.2) is 0 Å². The molecule has 0 aliphatic heterocycles. The molecule has 2 unspecified atom stereocenters. The van der Waals surface area contributed by atoms with Gasteiger partial charge in [0, 0.05) is 34.6 Å². The minimum absolute atomic E-state index is 0.0124. The van der Waals surface area contributed by atoms with Gasteiger partial charge >= 0.3 is 0 Å². The fourth-order valence-electron chi connectivity index (χ4n) is 1.01. The molecule has 14 heavy (non-hydrogen) atoms. The zero-order valence-corrected chi connectivity index (χ0v) is 10.6. The molecular weight excluding hydrogens is 222 g/mol. The standard InChI is InChI=1S/C8H19NO3S2/c1-4-9-8(2)7-13(10)5-6-14(3,11)12/h8-9H,4-7H2,1-3H3. The lowest BCUT2D eigenvalue weighted by Crippen LogP contribution is -2.32. The predicted molar refractivity (Wildman–Crippen MR) is 60.7 cm³/mol. The minimum Gasteiger partial charge on any atom is -0.314 e. The molecule has 0 heterocycles. The number of hydrogen-bond donors (Lipinski definition) is 1. The van der Waals surface area contributed by atoms with Crippen LogP contribution in [0, 0.1) is 0 Å². The first-order chi connectivity index (χ1) is 6.35. The molecule has 0 aromatic carbocycles. The van der Waals surface area contributed by atoms with Gasteiger partial charge in [-0.05, 0) is 13.5 Å². The van der Waals surface area contributed by atoms with Gasteiger partial charge in [0.05, 0.1) is 5.75 Å². The summed E-state index contributed by atoms with van der Waals surface area (Å²) in [4.78, 5) is 0. The fraction of sp³-hybridized carbons (Fsp3) is 1.00. The van der Waals surface area contributed by atoms with Crippen LogP contribution in [-0.2, 0) is 20.6 Å². The van der Waals surface area contributed by atoms with Gasteiger partial charge in [-0.3, -0.25) is 4.21 Å². The average molecular weight is 241 g/mol. The monoisotopic (exact) mass is 241 g/mol. The Morgan fingerprint density at radius 1 is 1.43 bits per heavy atom.